The van der Waals surface area contributed by atoms with Gasteiger partial charge < -0.3 is 0 Å². The van der Waals surface area contributed by atoms with Crippen molar-refractivity contribution in [2.24, 2.45) is 0 Å². The summed E-state index contributed by atoms with van der Waals surface area (Å²) in [5, 5.41) is 7.80. The third kappa shape index (κ3) is 3.64. The van der Waals surface area contributed by atoms with Gasteiger partial charge in [-0.2, -0.15) is 10.1 Å². The standard InChI is InChI=1S/C18H13ClN4O2S2/c1-27(24,25)18-21-16(22-23-18)12-6-4-5-11(9-12)15-10-20-17(26-15)13-7-2-3-8-14(13)19/h2-10H,1H3,(H,21,22,23). The normalized spacial score (nSPS) is 11.6. The van der Waals surface area contributed by atoms with Crippen LogP contribution in [0, 0.1) is 0 Å². The largest absolute Gasteiger partial charge is 0.249 e. The Labute approximate surface area is 164 Å². The minimum absolute atomic E-state index is 0.151. The maximum absolute atomic E-state index is 11.6. The first-order valence-electron chi connectivity index (χ1n) is 7.86. The highest BCUT2D eigenvalue weighted by molar-refractivity contribution is 7.90. The van der Waals surface area contributed by atoms with Gasteiger partial charge in [-0.1, -0.05) is 48.0 Å². The van der Waals surface area contributed by atoms with Crippen molar-refractivity contribution >= 4 is 32.8 Å². The maximum atomic E-state index is 11.6. The van der Waals surface area contributed by atoms with Crippen LogP contribution in [0.15, 0.2) is 59.9 Å². The first kappa shape index (κ1) is 17.8. The van der Waals surface area contributed by atoms with E-state index in [0.717, 1.165) is 27.3 Å². The van der Waals surface area contributed by atoms with Crippen molar-refractivity contribution in [2.45, 2.75) is 5.16 Å². The van der Waals surface area contributed by atoms with E-state index in [9.17, 15) is 8.42 Å². The van der Waals surface area contributed by atoms with Crippen molar-refractivity contribution in [1.82, 2.24) is 20.2 Å². The zero-order valence-electron chi connectivity index (χ0n) is 14.0. The molecule has 0 amide bonds. The van der Waals surface area contributed by atoms with Crippen LogP contribution in [0.3, 0.4) is 0 Å². The van der Waals surface area contributed by atoms with Gasteiger partial charge in [-0.15, -0.1) is 11.3 Å². The second-order valence-corrected chi connectivity index (χ2v) is 9.20. The number of nitrogens with zero attached hydrogens (tertiary/aromatic N) is 3. The predicted octanol–water partition coefficient (Wildman–Crippen LogP) is 4.32. The third-order valence-electron chi connectivity index (χ3n) is 3.83. The Hall–Kier alpha value is -2.55. The summed E-state index contributed by atoms with van der Waals surface area (Å²) in [6.45, 7) is 0. The Bertz CT molecular complexity index is 1230. The van der Waals surface area contributed by atoms with Crippen molar-refractivity contribution in [1.29, 1.82) is 0 Å². The highest BCUT2D eigenvalue weighted by Gasteiger charge is 2.15. The molecule has 27 heavy (non-hydrogen) atoms. The molecule has 0 radical (unpaired) electrons. The minimum atomic E-state index is -3.43. The van der Waals surface area contributed by atoms with Gasteiger partial charge in [0.05, 0.1) is 9.90 Å². The molecule has 0 saturated heterocycles. The van der Waals surface area contributed by atoms with Crippen LogP contribution in [0.5, 0.6) is 0 Å². The molecule has 4 aromatic rings. The fraction of sp³-hybridized carbons (Fsp3) is 0.0556. The highest BCUT2D eigenvalue weighted by Crippen LogP contribution is 2.36. The molecule has 0 bridgehead atoms. The van der Waals surface area contributed by atoms with Gasteiger partial charge in [-0.3, -0.25) is 0 Å². The monoisotopic (exact) mass is 416 g/mol. The Morgan fingerprint density at radius 1 is 1.07 bits per heavy atom. The molecule has 0 spiro atoms. The Balaban J connectivity index is 1.70. The number of aromatic nitrogens is 4. The van der Waals surface area contributed by atoms with Gasteiger partial charge in [0.15, 0.2) is 5.82 Å². The number of sulfone groups is 1. The lowest BCUT2D eigenvalue weighted by Crippen LogP contribution is -1.99. The molecule has 6 nitrogen and oxygen atoms in total. The minimum Gasteiger partial charge on any atom is -0.249 e. The summed E-state index contributed by atoms with van der Waals surface area (Å²) >= 11 is 7.78. The number of thiazole rings is 1. The summed E-state index contributed by atoms with van der Waals surface area (Å²) in [7, 11) is -3.43. The SMILES string of the molecule is CS(=O)(=O)c1nc(-c2cccc(-c3cnc(-c4ccccc4Cl)s3)c2)n[nH]1. The number of H-pyrrole nitrogens is 1. The maximum Gasteiger partial charge on any atom is 0.243 e. The molecule has 1 N–H and O–H groups in total. The van der Waals surface area contributed by atoms with Crippen LogP contribution in [0.1, 0.15) is 0 Å². The average Bonchev–Trinajstić information content (AvgIpc) is 3.32. The number of hydrogen-bond donors (Lipinski definition) is 1. The van der Waals surface area contributed by atoms with E-state index in [1.807, 2.05) is 48.5 Å². The number of nitrogens with one attached hydrogen (secondary N) is 1. The molecular weight excluding hydrogens is 404 g/mol. The molecule has 0 aliphatic carbocycles. The predicted molar refractivity (Wildman–Crippen MR) is 106 cm³/mol. The van der Waals surface area contributed by atoms with Crippen LogP contribution in [0.2, 0.25) is 5.02 Å². The van der Waals surface area contributed by atoms with Crippen molar-refractivity contribution in [3.63, 3.8) is 0 Å². The van der Waals surface area contributed by atoms with Crippen LogP contribution in [0.25, 0.3) is 32.4 Å². The van der Waals surface area contributed by atoms with E-state index in [4.69, 9.17) is 11.6 Å². The van der Waals surface area contributed by atoms with Crippen molar-refractivity contribution in [2.75, 3.05) is 6.26 Å². The van der Waals surface area contributed by atoms with Gasteiger partial charge in [0.25, 0.3) is 0 Å². The first-order valence-corrected chi connectivity index (χ1v) is 10.9. The van der Waals surface area contributed by atoms with Gasteiger partial charge in [-0.25, -0.2) is 18.5 Å². The molecule has 9 heteroatoms. The summed E-state index contributed by atoms with van der Waals surface area (Å²) < 4.78 is 23.2. The van der Waals surface area contributed by atoms with Gasteiger partial charge in [0, 0.05) is 23.6 Å². The topological polar surface area (TPSA) is 88.6 Å². The molecule has 4 rings (SSSR count). The zero-order valence-corrected chi connectivity index (χ0v) is 16.4. The molecule has 0 atom stereocenters. The second-order valence-electron chi connectivity index (χ2n) is 5.83. The smallest absolute Gasteiger partial charge is 0.243 e. The highest BCUT2D eigenvalue weighted by atomic mass is 35.5. The fourth-order valence-corrected chi connectivity index (χ4v) is 4.22. The number of hydrogen-bond acceptors (Lipinski definition) is 6. The lowest BCUT2D eigenvalue weighted by molar-refractivity contribution is 0.594. The Morgan fingerprint density at radius 3 is 2.59 bits per heavy atom. The van der Waals surface area contributed by atoms with Crippen LogP contribution >= 0.6 is 22.9 Å². The lowest BCUT2D eigenvalue weighted by atomic mass is 10.1. The van der Waals surface area contributed by atoms with Gasteiger partial charge in [-0.05, 0) is 17.7 Å². The lowest BCUT2D eigenvalue weighted by Gasteiger charge is -2.00. The summed E-state index contributed by atoms with van der Waals surface area (Å²) in [5.74, 6) is 0.327. The average molecular weight is 417 g/mol. The van der Waals surface area contributed by atoms with Gasteiger partial charge in [0.2, 0.25) is 15.0 Å². The summed E-state index contributed by atoms with van der Waals surface area (Å²) in [6, 6.07) is 15.1. The van der Waals surface area contributed by atoms with E-state index in [-0.39, 0.29) is 5.16 Å². The summed E-state index contributed by atoms with van der Waals surface area (Å²) in [4.78, 5) is 9.51. The Morgan fingerprint density at radius 2 is 1.85 bits per heavy atom. The van der Waals surface area contributed by atoms with Crippen LogP contribution in [-0.2, 0) is 9.84 Å². The van der Waals surface area contributed by atoms with E-state index in [2.05, 4.69) is 20.2 Å². The Kier molecular flexibility index (Phi) is 4.55. The number of rotatable bonds is 4. The zero-order chi connectivity index (χ0) is 19.0. The molecule has 0 aliphatic rings. The van der Waals surface area contributed by atoms with Crippen molar-refractivity contribution in [3.05, 3.63) is 59.8 Å². The van der Waals surface area contributed by atoms with Crippen LogP contribution in [-0.4, -0.2) is 34.8 Å². The van der Waals surface area contributed by atoms with E-state index in [1.54, 1.807) is 6.20 Å². The molecule has 0 aliphatic heterocycles. The van der Waals surface area contributed by atoms with E-state index >= 15 is 0 Å². The van der Waals surface area contributed by atoms with E-state index in [1.165, 1.54) is 11.3 Å². The molecule has 2 aromatic heterocycles. The quantitative estimate of drug-likeness (QED) is 0.535. The molecule has 2 aromatic carbocycles. The summed E-state index contributed by atoms with van der Waals surface area (Å²) in [5.41, 5.74) is 2.54. The molecule has 136 valence electrons. The number of benzene rings is 2. The van der Waals surface area contributed by atoms with E-state index in [0.29, 0.717) is 16.4 Å². The fourth-order valence-electron chi connectivity index (χ4n) is 2.52. The van der Waals surface area contributed by atoms with Crippen LogP contribution < -0.4 is 0 Å². The number of aromatic amines is 1. The first-order chi connectivity index (χ1) is 12.9. The molecular formula is C18H13ClN4O2S2. The third-order valence-corrected chi connectivity index (χ3v) is 6.13. The summed E-state index contributed by atoms with van der Waals surface area (Å²) in [6.07, 6.45) is 2.88. The molecule has 0 unspecified atom stereocenters. The second kappa shape index (κ2) is 6.88. The van der Waals surface area contributed by atoms with Crippen molar-refractivity contribution in [3.8, 4) is 32.4 Å². The van der Waals surface area contributed by atoms with E-state index < -0.39 is 9.84 Å². The molecule has 2 heterocycles. The van der Waals surface area contributed by atoms with Gasteiger partial charge >= 0.3 is 0 Å². The molecule has 0 fully saturated rings. The van der Waals surface area contributed by atoms with Gasteiger partial charge in [0.1, 0.15) is 5.01 Å². The number of halogens is 1. The van der Waals surface area contributed by atoms with Crippen LogP contribution in [0.4, 0.5) is 0 Å². The molecule has 0 saturated carbocycles. The van der Waals surface area contributed by atoms with Crippen molar-refractivity contribution < 1.29 is 8.42 Å².